The summed E-state index contributed by atoms with van der Waals surface area (Å²) in [6.45, 7) is 5.95. The van der Waals surface area contributed by atoms with Crippen molar-refractivity contribution in [3.63, 3.8) is 0 Å². The SMILES string of the molecule is CC[C@H](Sc1nc2ccccc2c2nc(CCc3c(C)n[nH]c3C)nn12)C(=O)Nc1ccc(F)cc1. The lowest BCUT2D eigenvalue weighted by Crippen LogP contribution is -2.25. The van der Waals surface area contributed by atoms with Gasteiger partial charge in [-0.1, -0.05) is 30.8 Å². The van der Waals surface area contributed by atoms with Crippen molar-refractivity contribution in [2.75, 3.05) is 5.32 Å². The molecule has 0 aliphatic carbocycles. The monoisotopic (exact) mass is 503 g/mol. The number of aryl methyl sites for hydroxylation is 3. The summed E-state index contributed by atoms with van der Waals surface area (Å²) in [7, 11) is 0. The van der Waals surface area contributed by atoms with Crippen molar-refractivity contribution in [2.45, 2.75) is 50.4 Å². The van der Waals surface area contributed by atoms with Crippen LogP contribution in [-0.4, -0.2) is 40.9 Å². The van der Waals surface area contributed by atoms with Gasteiger partial charge in [-0.15, -0.1) is 5.10 Å². The zero-order valence-corrected chi connectivity index (χ0v) is 21.1. The van der Waals surface area contributed by atoms with Gasteiger partial charge in [-0.2, -0.15) is 9.61 Å². The van der Waals surface area contributed by atoms with Crippen LogP contribution in [0.25, 0.3) is 16.6 Å². The number of anilines is 1. The molecule has 10 heteroatoms. The summed E-state index contributed by atoms with van der Waals surface area (Å²) in [5.74, 6) is 0.180. The Bertz CT molecular complexity index is 1520. The average Bonchev–Trinajstić information content (AvgIpc) is 3.45. The second-order valence-corrected chi connectivity index (χ2v) is 9.77. The van der Waals surface area contributed by atoms with E-state index in [-0.39, 0.29) is 11.7 Å². The molecule has 0 spiro atoms. The molecular formula is C26H26FN7OS. The first kappa shape index (κ1) is 23.9. The van der Waals surface area contributed by atoms with Crippen molar-refractivity contribution < 1.29 is 9.18 Å². The van der Waals surface area contributed by atoms with Crippen LogP contribution >= 0.6 is 11.8 Å². The summed E-state index contributed by atoms with van der Waals surface area (Å²) in [6, 6.07) is 13.5. The van der Waals surface area contributed by atoms with E-state index >= 15 is 0 Å². The van der Waals surface area contributed by atoms with Gasteiger partial charge in [0.05, 0.1) is 16.5 Å². The van der Waals surface area contributed by atoms with E-state index < -0.39 is 5.25 Å². The number of halogens is 1. The number of nitrogens with one attached hydrogen (secondary N) is 2. The normalized spacial score (nSPS) is 12.3. The van der Waals surface area contributed by atoms with Gasteiger partial charge in [0.25, 0.3) is 0 Å². The number of rotatable bonds is 8. The molecule has 184 valence electrons. The first-order valence-corrected chi connectivity index (χ1v) is 12.7. The minimum Gasteiger partial charge on any atom is -0.325 e. The van der Waals surface area contributed by atoms with Gasteiger partial charge in [-0.25, -0.2) is 14.4 Å². The summed E-state index contributed by atoms with van der Waals surface area (Å²) in [4.78, 5) is 22.7. The Kier molecular flexibility index (Phi) is 6.69. The van der Waals surface area contributed by atoms with Crippen LogP contribution in [0.15, 0.2) is 53.7 Å². The summed E-state index contributed by atoms with van der Waals surface area (Å²) in [5, 5.41) is 16.0. The first-order chi connectivity index (χ1) is 17.4. The van der Waals surface area contributed by atoms with Gasteiger partial charge in [-0.05, 0) is 68.7 Å². The molecule has 2 N–H and O–H groups in total. The number of aromatic amines is 1. The highest BCUT2D eigenvalue weighted by Gasteiger charge is 2.23. The van der Waals surface area contributed by atoms with Gasteiger partial charge in [0.1, 0.15) is 5.82 Å². The maximum absolute atomic E-state index is 13.2. The maximum atomic E-state index is 13.2. The number of fused-ring (bicyclic) bond motifs is 3. The lowest BCUT2D eigenvalue weighted by Gasteiger charge is -2.15. The summed E-state index contributed by atoms with van der Waals surface area (Å²) >= 11 is 1.35. The summed E-state index contributed by atoms with van der Waals surface area (Å²) in [5.41, 5.74) is 5.27. The molecule has 0 radical (unpaired) electrons. The van der Waals surface area contributed by atoms with Crippen molar-refractivity contribution in [3.05, 3.63) is 77.1 Å². The number of nitrogens with zero attached hydrogens (tertiary/aromatic N) is 5. The number of aromatic nitrogens is 6. The molecule has 5 rings (SSSR count). The predicted molar refractivity (Wildman–Crippen MR) is 139 cm³/mol. The van der Waals surface area contributed by atoms with Crippen molar-refractivity contribution in [3.8, 4) is 0 Å². The van der Waals surface area contributed by atoms with Gasteiger partial charge in [-0.3, -0.25) is 9.89 Å². The number of para-hydroxylation sites is 1. The molecule has 0 aliphatic rings. The molecule has 3 heterocycles. The average molecular weight is 504 g/mol. The molecule has 5 aromatic rings. The Morgan fingerprint density at radius 2 is 1.89 bits per heavy atom. The Morgan fingerprint density at radius 3 is 2.61 bits per heavy atom. The lowest BCUT2D eigenvalue weighted by atomic mass is 10.1. The molecule has 0 saturated carbocycles. The molecule has 0 fully saturated rings. The van der Waals surface area contributed by atoms with Crippen molar-refractivity contribution in [1.82, 2.24) is 29.8 Å². The second-order valence-electron chi connectivity index (χ2n) is 8.60. The van der Waals surface area contributed by atoms with E-state index in [1.54, 1.807) is 16.6 Å². The van der Waals surface area contributed by atoms with E-state index in [2.05, 4.69) is 15.5 Å². The van der Waals surface area contributed by atoms with E-state index in [0.29, 0.717) is 35.2 Å². The van der Waals surface area contributed by atoms with Crippen LogP contribution in [0.5, 0.6) is 0 Å². The molecule has 36 heavy (non-hydrogen) atoms. The van der Waals surface area contributed by atoms with Crippen molar-refractivity contribution in [1.29, 1.82) is 0 Å². The second kappa shape index (κ2) is 10.1. The minimum atomic E-state index is -0.421. The molecule has 0 aliphatic heterocycles. The number of amides is 1. The number of thioether (sulfide) groups is 1. The number of benzene rings is 2. The van der Waals surface area contributed by atoms with Crippen molar-refractivity contribution >= 4 is 39.9 Å². The van der Waals surface area contributed by atoms with E-state index in [0.717, 1.165) is 28.7 Å². The van der Waals surface area contributed by atoms with Gasteiger partial charge >= 0.3 is 0 Å². The fourth-order valence-corrected chi connectivity index (χ4v) is 5.11. The number of carbonyl (C=O) groups is 1. The van der Waals surface area contributed by atoms with Crippen LogP contribution in [0.3, 0.4) is 0 Å². The summed E-state index contributed by atoms with van der Waals surface area (Å²) < 4.78 is 15.0. The lowest BCUT2D eigenvalue weighted by molar-refractivity contribution is -0.115. The van der Waals surface area contributed by atoms with Crippen LogP contribution in [0.2, 0.25) is 0 Å². The highest BCUT2D eigenvalue weighted by molar-refractivity contribution is 8.00. The molecule has 1 amide bonds. The Morgan fingerprint density at radius 1 is 1.11 bits per heavy atom. The van der Waals surface area contributed by atoms with Crippen LogP contribution < -0.4 is 5.32 Å². The van der Waals surface area contributed by atoms with Gasteiger partial charge in [0, 0.05) is 23.2 Å². The van der Waals surface area contributed by atoms with E-state index in [1.165, 1.54) is 29.5 Å². The van der Waals surface area contributed by atoms with Gasteiger partial charge in [0.15, 0.2) is 16.6 Å². The van der Waals surface area contributed by atoms with Crippen molar-refractivity contribution in [2.24, 2.45) is 0 Å². The number of H-pyrrole nitrogens is 1. The highest BCUT2D eigenvalue weighted by atomic mass is 32.2. The summed E-state index contributed by atoms with van der Waals surface area (Å²) in [6.07, 6.45) is 2.01. The number of hydrogen-bond acceptors (Lipinski definition) is 6. The fourth-order valence-electron chi connectivity index (χ4n) is 4.14. The van der Waals surface area contributed by atoms with E-state index in [1.807, 2.05) is 45.0 Å². The smallest absolute Gasteiger partial charge is 0.237 e. The molecule has 1 atom stereocenters. The van der Waals surface area contributed by atoms with Gasteiger partial charge in [0.2, 0.25) is 5.91 Å². The highest BCUT2D eigenvalue weighted by Crippen LogP contribution is 2.29. The molecule has 0 bridgehead atoms. The van der Waals surface area contributed by atoms with Gasteiger partial charge < -0.3 is 5.32 Å². The van der Waals surface area contributed by atoms with E-state index in [4.69, 9.17) is 15.1 Å². The third-order valence-corrected chi connectivity index (χ3v) is 7.40. The molecule has 0 unspecified atom stereocenters. The molecule has 8 nitrogen and oxygen atoms in total. The first-order valence-electron chi connectivity index (χ1n) is 11.8. The van der Waals surface area contributed by atoms with Crippen LogP contribution in [0, 0.1) is 19.7 Å². The third-order valence-electron chi connectivity index (χ3n) is 6.10. The predicted octanol–water partition coefficient (Wildman–Crippen LogP) is 5.05. The van der Waals surface area contributed by atoms with Crippen LogP contribution in [0.4, 0.5) is 10.1 Å². The Hall–Kier alpha value is -3.79. The van der Waals surface area contributed by atoms with Crippen LogP contribution in [0.1, 0.15) is 36.1 Å². The molecule has 2 aromatic carbocycles. The number of carbonyl (C=O) groups excluding carboxylic acids is 1. The minimum absolute atomic E-state index is 0.177. The topological polar surface area (TPSA) is 101 Å². The van der Waals surface area contributed by atoms with Crippen LogP contribution in [-0.2, 0) is 17.6 Å². The Labute approximate surface area is 211 Å². The zero-order chi connectivity index (χ0) is 25.2. The molecule has 0 saturated heterocycles. The standard InChI is InChI=1S/C26H26FN7OS/c1-4-22(25(35)28-18-11-9-17(27)10-12-18)36-26-29-21-8-6-5-7-20(21)24-30-23(33-34(24)26)14-13-19-15(2)31-32-16(19)3/h5-12,22H,4,13-14H2,1-3H3,(H,28,35)(H,31,32)/t22-/m0/s1. The fraction of sp³-hybridized carbons (Fsp3) is 0.269. The molecule has 3 aromatic heterocycles. The quantitative estimate of drug-likeness (QED) is 0.227. The largest absolute Gasteiger partial charge is 0.325 e. The van der Waals surface area contributed by atoms with E-state index in [9.17, 15) is 9.18 Å². The number of hydrogen-bond donors (Lipinski definition) is 2. The zero-order valence-electron chi connectivity index (χ0n) is 20.2. The third kappa shape index (κ3) is 4.81. The Balaban J connectivity index is 1.45. The maximum Gasteiger partial charge on any atom is 0.237 e. The molecular weight excluding hydrogens is 477 g/mol.